The number of aromatic carboxylic acids is 1. The smallest absolute Gasteiger partial charge is 0.358 e. The van der Waals surface area contributed by atoms with Crippen LogP contribution in [0.3, 0.4) is 0 Å². The fraction of sp³-hybridized carbons (Fsp3) is 0.167. The van der Waals surface area contributed by atoms with Gasteiger partial charge < -0.3 is 15.7 Å². The summed E-state index contributed by atoms with van der Waals surface area (Å²) in [6.07, 6.45) is 1.30. The minimum Gasteiger partial charge on any atom is -0.476 e. The topological polar surface area (TPSA) is 109 Å². The first kappa shape index (κ1) is 15.0. The van der Waals surface area contributed by atoms with Crippen molar-refractivity contribution in [1.82, 2.24) is 20.3 Å². The number of urea groups is 1. The molecule has 1 aromatic carbocycles. The van der Waals surface area contributed by atoms with E-state index in [4.69, 9.17) is 5.11 Å². The van der Waals surface area contributed by atoms with Crippen LogP contribution in [-0.2, 0) is 6.54 Å². The molecule has 0 saturated carbocycles. The van der Waals surface area contributed by atoms with Gasteiger partial charge in [0.1, 0.15) is 0 Å². The summed E-state index contributed by atoms with van der Waals surface area (Å²) < 4.78 is 2.13. The lowest BCUT2D eigenvalue weighted by Crippen LogP contribution is -2.31. The number of nitrogens with zero attached hydrogens (tertiary/aromatic N) is 3. The molecule has 0 unspecified atom stereocenters. The van der Waals surface area contributed by atoms with E-state index in [0.717, 1.165) is 4.47 Å². The molecule has 1 heterocycles. The highest BCUT2D eigenvalue weighted by Gasteiger charge is 2.08. The normalized spacial score (nSPS) is 10.1. The lowest BCUT2D eigenvalue weighted by molar-refractivity contribution is 0.0690. The quantitative estimate of drug-likeness (QED) is 0.755. The summed E-state index contributed by atoms with van der Waals surface area (Å²) in [5, 5.41) is 21.1. The number of nitrogens with one attached hydrogen (secondary N) is 2. The summed E-state index contributed by atoms with van der Waals surface area (Å²) in [5.41, 5.74) is 0.525. The van der Waals surface area contributed by atoms with Gasteiger partial charge in [-0.15, -0.1) is 5.10 Å². The Hall–Kier alpha value is -2.42. The minimum atomic E-state index is -1.14. The van der Waals surface area contributed by atoms with Crippen LogP contribution in [0.1, 0.15) is 10.5 Å². The molecule has 3 N–H and O–H groups in total. The van der Waals surface area contributed by atoms with Crippen LogP contribution in [0.25, 0.3) is 0 Å². The number of hydrogen-bond acceptors (Lipinski definition) is 4. The molecular weight excluding hydrogens is 342 g/mol. The maximum absolute atomic E-state index is 11.7. The molecule has 0 atom stereocenters. The van der Waals surface area contributed by atoms with E-state index in [9.17, 15) is 9.59 Å². The van der Waals surface area contributed by atoms with Gasteiger partial charge in [-0.2, -0.15) is 0 Å². The van der Waals surface area contributed by atoms with Crippen molar-refractivity contribution in [2.45, 2.75) is 6.54 Å². The fourth-order valence-corrected chi connectivity index (χ4v) is 1.90. The van der Waals surface area contributed by atoms with E-state index < -0.39 is 5.97 Å². The highest BCUT2D eigenvalue weighted by Crippen LogP contribution is 2.20. The molecule has 2 aromatic rings. The Labute approximate surface area is 128 Å². The van der Waals surface area contributed by atoms with Gasteiger partial charge in [-0.25, -0.2) is 14.3 Å². The van der Waals surface area contributed by atoms with E-state index in [1.165, 1.54) is 10.9 Å². The number of benzene rings is 1. The Bertz CT molecular complexity index is 658. The largest absolute Gasteiger partial charge is 0.476 e. The third-order valence-electron chi connectivity index (χ3n) is 2.51. The number of para-hydroxylation sites is 1. The number of carboxylic acids is 1. The summed E-state index contributed by atoms with van der Waals surface area (Å²) in [6.45, 7) is 0.613. The number of carboxylic acid groups (broad SMARTS) is 1. The number of halogens is 1. The average Bonchev–Trinajstić information content (AvgIpc) is 2.90. The molecule has 21 heavy (non-hydrogen) atoms. The zero-order valence-electron chi connectivity index (χ0n) is 10.8. The van der Waals surface area contributed by atoms with Crippen molar-refractivity contribution < 1.29 is 14.7 Å². The number of amides is 2. The van der Waals surface area contributed by atoms with E-state index in [2.05, 4.69) is 36.9 Å². The second-order valence-corrected chi connectivity index (χ2v) is 4.89. The van der Waals surface area contributed by atoms with E-state index in [0.29, 0.717) is 18.8 Å². The Morgan fingerprint density at radius 1 is 1.33 bits per heavy atom. The number of aromatic nitrogens is 3. The van der Waals surface area contributed by atoms with Gasteiger partial charge in [0.15, 0.2) is 5.69 Å². The van der Waals surface area contributed by atoms with Crippen molar-refractivity contribution in [3.8, 4) is 0 Å². The third-order valence-corrected chi connectivity index (χ3v) is 3.20. The summed E-state index contributed by atoms with van der Waals surface area (Å²) in [7, 11) is 0. The van der Waals surface area contributed by atoms with Gasteiger partial charge in [-0.3, -0.25) is 0 Å². The first-order valence-corrected chi connectivity index (χ1v) is 6.78. The van der Waals surface area contributed by atoms with Crippen molar-refractivity contribution >= 4 is 33.6 Å². The van der Waals surface area contributed by atoms with Crippen LogP contribution in [0.2, 0.25) is 0 Å². The van der Waals surface area contributed by atoms with Crippen LogP contribution < -0.4 is 10.6 Å². The standard InChI is InChI=1S/C12H12BrN5O3/c13-8-3-1-2-4-9(8)15-12(21)14-5-6-18-7-10(11(19)20)16-17-18/h1-4,7H,5-6H2,(H,19,20)(H2,14,15,21). The van der Waals surface area contributed by atoms with Gasteiger partial charge in [-0.05, 0) is 28.1 Å². The number of anilines is 1. The fourth-order valence-electron chi connectivity index (χ4n) is 1.52. The first-order valence-electron chi connectivity index (χ1n) is 5.99. The molecule has 0 radical (unpaired) electrons. The molecule has 0 saturated heterocycles. The van der Waals surface area contributed by atoms with Crippen molar-refractivity contribution in [2.75, 3.05) is 11.9 Å². The molecule has 0 aliphatic carbocycles. The molecule has 0 fully saturated rings. The molecular formula is C12H12BrN5O3. The Kier molecular flexibility index (Phi) is 4.88. The third kappa shape index (κ3) is 4.28. The van der Waals surface area contributed by atoms with Gasteiger partial charge in [0.25, 0.3) is 0 Å². The Balaban J connectivity index is 1.79. The monoisotopic (exact) mass is 353 g/mol. The van der Waals surface area contributed by atoms with Crippen molar-refractivity contribution in [3.05, 3.63) is 40.6 Å². The molecule has 0 aliphatic heterocycles. The van der Waals surface area contributed by atoms with Crippen LogP contribution >= 0.6 is 15.9 Å². The van der Waals surface area contributed by atoms with E-state index in [1.807, 2.05) is 18.2 Å². The molecule has 0 spiro atoms. The second kappa shape index (κ2) is 6.84. The van der Waals surface area contributed by atoms with Crippen LogP contribution in [0, 0.1) is 0 Å². The highest BCUT2D eigenvalue weighted by molar-refractivity contribution is 9.10. The van der Waals surface area contributed by atoms with Gasteiger partial charge in [0.05, 0.1) is 18.4 Å². The van der Waals surface area contributed by atoms with Gasteiger partial charge in [0, 0.05) is 11.0 Å². The van der Waals surface area contributed by atoms with E-state index in [1.54, 1.807) is 6.07 Å². The van der Waals surface area contributed by atoms with E-state index in [-0.39, 0.29) is 11.7 Å². The Morgan fingerprint density at radius 2 is 2.10 bits per heavy atom. The van der Waals surface area contributed by atoms with Crippen LogP contribution in [-0.4, -0.2) is 38.6 Å². The van der Waals surface area contributed by atoms with Gasteiger partial charge >= 0.3 is 12.0 Å². The zero-order chi connectivity index (χ0) is 15.2. The molecule has 8 nitrogen and oxygen atoms in total. The van der Waals surface area contributed by atoms with E-state index >= 15 is 0 Å². The van der Waals surface area contributed by atoms with Crippen molar-refractivity contribution in [2.24, 2.45) is 0 Å². The molecule has 9 heteroatoms. The minimum absolute atomic E-state index is 0.132. The molecule has 0 bridgehead atoms. The number of carbonyl (C=O) groups excluding carboxylic acids is 1. The summed E-state index contributed by atoms with van der Waals surface area (Å²) in [4.78, 5) is 22.3. The summed E-state index contributed by atoms with van der Waals surface area (Å²) in [5.74, 6) is -1.14. The first-order chi connectivity index (χ1) is 10.1. The molecule has 110 valence electrons. The molecule has 1 aromatic heterocycles. The number of carbonyl (C=O) groups is 2. The maximum Gasteiger partial charge on any atom is 0.358 e. The van der Waals surface area contributed by atoms with Gasteiger partial charge in [0.2, 0.25) is 0 Å². The van der Waals surface area contributed by atoms with Crippen LogP contribution in [0.15, 0.2) is 34.9 Å². The summed E-state index contributed by atoms with van der Waals surface area (Å²) in [6, 6.07) is 6.88. The predicted molar refractivity (Wildman–Crippen MR) is 78.1 cm³/mol. The molecule has 2 amide bonds. The van der Waals surface area contributed by atoms with Crippen molar-refractivity contribution in [3.63, 3.8) is 0 Å². The number of rotatable bonds is 5. The zero-order valence-corrected chi connectivity index (χ0v) is 12.4. The van der Waals surface area contributed by atoms with Crippen LogP contribution in [0.4, 0.5) is 10.5 Å². The highest BCUT2D eigenvalue weighted by atomic mass is 79.9. The predicted octanol–water partition coefficient (Wildman–Crippen LogP) is 1.56. The van der Waals surface area contributed by atoms with Crippen molar-refractivity contribution in [1.29, 1.82) is 0 Å². The maximum atomic E-state index is 11.7. The van der Waals surface area contributed by atoms with Crippen LogP contribution in [0.5, 0.6) is 0 Å². The lowest BCUT2D eigenvalue weighted by atomic mass is 10.3. The Morgan fingerprint density at radius 3 is 2.76 bits per heavy atom. The molecule has 2 rings (SSSR count). The number of hydrogen-bond donors (Lipinski definition) is 3. The lowest BCUT2D eigenvalue weighted by Gasteiger charge is -2.08. The SMILES string of the molecule is O=C(NCCn1cc(C(=O)O)nn1)Nc1ccccc1Br. The second-order valence-electron chi connectivity index (χ2n) is 4.03. The van der Waals surface area contributed by atoms with Gasteiger partial charge in [-0.1, -0.05) is 17.3 Å². The summed E-state index contributed by atoms with van der Waals surface area (Å²) >= 11 is 3.33. The molecule has 0 aliphatic rings. The average molecular weight is 354 g/mol.